The zero-order chi connectivity index (χ0) is 44.3. The van der Waals surface area contributed by atoms with Crippen molar-refractivity contribution in [3.05, 3.63) is 11.6 Å². The second kappa shape index (κ2) is 15.8. The van der Waals surface area contributed by atoms with E-state index in [0.717, 1.165) is 19.0 Å². The highest BCUT2D eigenvalue weighted by atomic mass is 16.8. The molecule has 6 fully saturated rings. The van der Waals surface area contributed by atoms with Crippen LogP contribution in [0.2, 0.25) is 0 Å². The molecule has 2 aliphatic heterocycles. The van der Waals surface area contributed by atoms with Gasteiger partial charge >= 0.3 is 5.97 Å². The van der Waals surface area contributed by atoms with Gasteiger partial charge in [-0.3, -0.25) is 0 Å². The summed E-state index contributed by atoms with van der Waals surface area (Å²) in [5.74, 6) is -1.64. The van der Waals surface area contributed by atoms with Crippen molar-refractivity contribution < 1.29 is 84.3 Å². The molecule has 0 aromatic carbocycles. The molecule has 10 N–H and O–H groups in total. The summed E-state index contributed by atoms with van der Waals surface area (Å²) in [6.07, 6.45) is -15.2. The molecule has 342 valence electrons. The van der Waals surface area contributed by atoms with Crippen molar-refractivity contribution in [3.63, 3.8) is 0 Å². The molecule has 0 spiro atoms. The Hall–Kier alpha value is -1.68. The van der Waals surface area contributed by atoms with Gasteiger partial charge in [-0.2, -0.15) is 0 Å². The van der Waals surface area contributed by atoms with Crippen LogP contribution in [0.1, 0.15) is 86.5 Å². The summed E-state index contributed by atoms with van der Waals surface area (Å²) in [5.41, 5.74) is -3.48. The van der Waals surface area contributed by atoms with Gasteiger partial charge in [-0.05, 0) is 84.4 Å². The van der Waals surface area contributed by atoms with Gasteiger partial charge in [0.1, 0.15) is 49.0 Å². The normalized spacial score (nSPS) is 55.0. The summed E-state index contributed by atoms with van der Waals surface area (Å²) in [4.78, 5) is 26.4. The smallest absolute Gasteiger partial charge is 0.337 e. The van der Waals surface area contributed by atoms with Crippen LogP contribution in [0, 0.1) is 50.2 Å². The Balaban J connectivity index is 1.20. The Kier molecular flexibility index (Phi) is 12.2. The lowest BCUT2D eigenvalue weighted by Gasteiger charge is -2.72. The topological polar surface area (TPSA) is 283 Å². The predicted molar refractivity (Wildman–Crippen MR) is 207 cm³/mol. The molecule has 2 heterocycles. The average molecular weight is 857 g/mol. The molecule has 4 saturated carbocycles. The van der Waals surface area contributed by atoms with Crippen molar-refractivity contribution in [3.8, 4) is 0 Å². The first-order valence-corrected chi connectivity index (χ1v) is 21.5. The summed E-state index contributed by atoms with van der Waals surface area (Å²) in [6.45, 7) is 11.0. The molecule has 5 aliphatic carbocycles. The summed E-state index contributed by atoms with van der Waals surface area (Å²) in [5, 5.41) is 109. The number of methoxy groups -OCH3 is 1. The van der Waals surface area contributed by atoms with E-state index in [1.807, 2.05) is 20.8 Å². The van der Waals surface area contributed by atoms with E-state index in [0.29, 0.717) is 38.5 Å². The van der Waals surface area contributed by atoms with Crippen LogP contribution in [-0.4, -0.2) is 169 Å². The highest BCUT2D eigenvalue weighted by Gasteiger charge is 2.73. The van der Waals surface area contributed by atoms with Gasteiger partial charge in [-0.1, -0.05) is 53.2 Å². The number of carbonyl (C=O) groups is 2. The molecule has 17 nitrogen and oxygen atoms in total. The molecule has 0 radical (unpaired) electrons. The predicted octanol–water partition coefficient (Wildman–Crippen LogP) is -0.938. The minimum Gasteiger partial charge on any atom is -0.467 e. The first kappa shape index (κ1) is 46.3. The number of carbonyl (C=O) groups excluding carboxylic acids is 2. The number of aliphatic hydroxyl groups is 10. The van der Waals surface area contributed by atoms with Gasteiger partial charge in [0.15, 0.2) is 18.7 Å². The highest BCUT2D eigenvalue weighted by molar-refractivity contribution is 5.75. The molecule has 7 aliphatic rings. The Morgan fingerprint density at radius 1 is 0.800 bits per heavy atom. The molecule has 0 aromatic rings. The second-order valence-electron chi connectivity index (χ2n) is 20.8. The van der Waals surface area contributed by atoms with Crippen molar-refractivity contribution in [1.29, 1.82) is 0 Å². The van der Waals surface area contributed by atoms with Crippen molar-refractivity contribution in [1.82, 2.24) is 0 Å². The van der Waals surface area contributed by atoms with E-state index in [9.17, 15) is 60.7 Å². The van der Waals surface area contributed by atoms with Gasteiger partial charge in [0.2, 0.25) is 0 Å². The highest BCUT2D eigenvalue weighted by Crippen LogP contribution is 2.75. The monoisotopic (exact) mass is 856 g/mol. The van der Waals surface area contributed by atoms with Crippen molar-refractivity contribution in [2.24, 2.45) is 50.2 Å². The van der Waals surface area contributed by atoms with Crippen LogP contribution < -0.4 is 0 Å². The third kappa shape index (κ3) is 6.38. The first-order chi connectivity index (χ1) is 28.0. The van der Waals surface area contributed by atoms with E-state index in [1.165, 1.54) is 0 Å². The lowest BCUT2D eigenvalue weighted by atomic mass is 9.33. The molecular formula is C43H68O17. The van der Waals surface area contributed by atoms with Crippen molar-refractivity contribution in [2.45, 2.75) is 172 Å². The summed E-state index contributed by atoms with van der Waals surface area (Å²) < 4.78 is 28.8. The number of rotatable bonds is 8. The molecule has 1 unspecified atom stereocenters. The maximum absolute atomic E-state index is 13.6. The van der Waals surface area contributed by atoms with Gasteiger partial charge in [0, 0.05) is 0 Å². The van der Waals surface area contributed by atoms with E-state index in [2.05, 4.69) is 26.8 Å². The number of fused-ring (bicyclic) bond motifs is 7. The Labute approximate surface area is 350 Å². The third-order valence-corrected chi connectivity index (χ3v) is 17.7. The van der Waals surface area contributed by atoms with Crippen LogP contribution in [0.5, 0.6) is 0 Å². The van der Waals surface area contributed by atoms with Gasteiger partial charge in [-0.15, -0.1) is 0 Å². The van der Waals surface area contributed by atoms with Crippen LogP contribution in [0.15, 0.2) is 11.6 Å². The van der Waals surface area contributed by atoms with Crippen LogP contribution in [0.4, 0.5) is 0 Å². The number of hydrogen-bond donors (Lipinski definition) is 10. The Morgan fingerprint density at radius 2 is 1.48 bits per heavy atom. The standard InChI is InChI=1S/C43H68O17/c1-38(2)14-20-19-8-9-23-39(3)12-11-25(40(4,17-45)22(39)10-13-41(23,5)42(19,6)15-24(47)43(20,18-46)34(54)33(38)53)58-37-32(29(51)28(50)31(59-37)35(55)56-7)60-36-30(52)27(49)26(48)21(16-44)57-36/h8,17,20-34,36-37,44,46-54H,9-16,18H2,1-7H3/t20-,21+,22?,23+,24+,25-,26-,27-,28-,29-,30+,31-,32+,33-,34-,36-,37+,39-,40-,41+,42+,43-/m0/s1. The minimum atomic E-state index is -1.91. The Morgan fingerprint density at radius 3 is 2.10 bits per heavy atom. The number of aldehydes is 1. The molecule has 22 atom stereocenters. The molecule has 17 heteroatoms. The quantitative estimate of drug-likeness (QED) is 0.0611. The largest absolute Gasteiger partial charge is 0.467 e. The number of hydrogen-bond acceptors (Lipinski definition) is 17. The summed E-state index contributed by atoms with van der Waals surface area (Å²) in [7, 11) is 1.07. The van der Waals surface area contributed by atoms with Crippen molar-refractivity contribution >= 4 is 12.3 Å². The zero-order valence-corrected chi connectivity index (χ0v) is 35.7. The van der Waals surface area contributed by atoms with E-state index in [1.54, 1.807) is 0 Å². The molecule has 0 amide bonds. The second-order valence-corrected chi connectivity index (χ2v) is 20.8. The lowest BCUT2D eigenvalue weighted by molar-refractivity contribution is -0.373. The van der Waals surface area contributed by atoms with Gasteiger partial charge in [0.25, 0.3) is 0 Å². The van der Waals surface area contributed by atoms with E-state index < -0.39 is 138 Å². The average Bonchev–Trinajstić information content (AvgIpc) is 3.20. The number of esters is 1. The SMILES string of the molecule is COC(=O)[C@H]1O[C@@H](O[C@H]2CC[C@@]3(C)C(CC[C@]4(C)[C@@H]3CC=C3[C@@H]5CC(C)(C)[C@@H](O)[C@H](O)[C@]5(CO)[C@H](O)C[C@]34C)[C@]2(C)C=O)[C@H](O[C@@H]2O[C@H](CO)[C@H](O)[C@H](O)[C@H]2O)[C@@H](O)[C@@H]1O. The lowest BCUT2D eigenvalue weighted by Crippen LogP contribution is -2.71. The van der Waals surface area contributed by atoms with Gasteiger partial charge in [0.05, 0.1) is 55.6 Å². The molecular weight excluding hydrogens is 788 g/mol. The molecule has 7 rings (SSSR count). The van der Waals surface area contributed by atoms with E-state index in [-0.39, 0.29) is 24.2 Å². The summed E-state index contributed by atoms with van der Waals surface area (Å²) in [6, 6.07) is 0. The number of ether oxygens (including phenoxy) is 5. The maximum Gasteiger partial charge on any atom is 0.337 e. The molecule has 2 saturated heterocycles. The minimum absolute atomic E-state index is 0.0209. The van der Waals surface area contributed by atoms with Gasteiger partial charge in [-0.25, -0.2) is 4.79 Å². The Bertz CT molecular complexity index is 1660. The number of allylic oxidation sites excluding steroid dienone is 2. The fourth-order valence-electron chi connectivity index (χ4n) is 13.9. The van der Waals surface area contributed by atoms with Crippen LogP contribution in [0.25, 0.3) is 0 Å². The molecule has 60 heavy (non-hydrogen) atoms. The molecule has 0 bridgehead atoms. The maximum atomic E-state index is 13.6. The zero-order valence-electron chi connectivity index (χ0n) is 35.7. The van der Waals surface area contributed by atoms with Crippen molar-refractivity contribution in [2.75, 3.05) is 20.3 Å². The third-order valence-electron chi connectivity index (χ3n) is 17.7. The van der Waals surface area contributed by atoms with Gasteiger partial charge < -0.3 is 79.5 Å². The van der Waals surface area contributed by atoms with Crippen LogP contribution in [-0.2, 0) is 33.3 Å². The fraction of sp³-hybridized carbons (Fsp3) is 0.907. The summed E-state index contributed by atoms with van der Waals surface area (Å²) >= 11 is 0. The first-order valence-electron chi connectivity index (χ1n) is 21.5. The number of aliphatic hydroxyl groups excluding tert-OH is 10. The fourth-order valence-corrected chi connectivity index (χ4v) is 13.9. The van der Waals surface area contributed by atoms with E-state index in [4.69, 9.17) is 23.7 Å². The van der Waals surface area contributed by atoms with Crippen LogP contribution >= 0.6 is 0 Å². The van der Waals surface area contributed by atoms with Crippen LogP contribution in [0.3, 0.4) is 0 Å². The molecule has 0 aromatic heterocycles. The van der Waals surface area contributed by atoms with E-state index >= 15 is 0 Å².